The molecule has 2 rings (SSSR count). The summed E-state index contributed by atoms with van der Waals surface area (Å²) in [5.74, 6) is 1.02. The number of benzene rings is 1. The number of hydrogen-bond donors (Lipinski definition) is 0. The van der Waals surface area contributed by atoms with Crippen molar-refractivity contribution in [2.45, 2.75) is 12.2 Å². The van der Waals surface area contributed by atoms with E-state index in [0.717, 1.165) is 0 Å². The summed E-state index contributed by atoms with van der Waals surface area (Å²) in [5, 5.41) is 7.79. The Morgan fingerprint density at radius 2 is 1.84 bits per heavy atom. The highest BCUT2D eigenvalue weighted by atomic mass is 35.5. The molecule has 2 aromatic rings. The fourth-order valence-corrected chi connectivity index (χ4v) is 1.77. The molecular weight excluding hydrogens is 283 g/mol. The van der Waals surface area contributed by atoms with Gasteiger partial charge in [-0.2, -0.15) is 0 Å². The summed E-state index contributed by atoms with van der Waals surface area (Å²) in [7, 11) is 1.73. The molecular formula is C11H9ClF3N3O. The molecule has 0 spiro atoms. The van der Waals surface area contributed by atoms with E-state index in [2.05, 4.69) is 14.9 Å². The van der Waals surface area contributed by atoms with Crippen molar-refractivity contribution in [2.24, 2.45) is 7.05 Å². The lowest BCUT2D eigenvalue weighted by molar-refractivity contribution is -0.274. The van der Waals surface area contributed by atoms with E-state index in [1.807, 2.05) is 0 Å². The molecule has 0 saturated heterocycles. The molecule has 0 bridgehead atoms. The van der Waals surface area contributed by atoms with Crippen molar-refractivity contribution >= 4 is 11.6 Å². The van der Waals surface area contributed by atoms with Crippen LogP contribution in [0.15, 0.2) is 24.3 Å². The number of nitrogens with zero attached hydrogens (tertiary/aromatic N) is 3. The second-order valence-electron chi connectivity index (χ2n) is 3.70. The smallest absolute Gasteiger partial charge is 0.406 e. The minimum atomic E-state index is -4.70. The van der Waals surface area contributed by atoms with Gasteiger partial charge >= 0.3 is 6.36 Å². The van der Waals surface area contributed by atoms with Gasteiger partial charge < -0.3 is 9.30 Å². The van der Waals surface area contributed by atoms with Crippen LogP contribution in [0.2, 0.25) is 0 Å². The van der Waals surface area contributed by atoms with Crippen LogP contribution in [0.25, 0.3) is 11.4 Å². The maximum atomic E-state index is 12.0. The first-order valence-electron chi connectivity index (χ1n) is 5.21. The van der Waals surface area contributed by atoms with Crippen LogP contribution in [0.5, 0.6) is 5.75 Å². The zero-order chi connectivity index (χ0) is 14.0. The number of halogens is 4. The van der Waals surface area contributed by atoms with Crippen LogP contribution in [0.3, 0.4) is 0 Å². The number of hydrogen-bond acceptors (Lipinski definition) is 3. The molecule has 0 fully saturated rings. The van der Waals surface area contributed by atoms with Crippen molar-refractivity contribution in [1.82, 2.24) is 14.8 Å². The molecule has 0 aliphatic rings. The molecule has 0 saturated carbocycles. The molecule has 8 heteroatoms. The third kappa shape index (κ3) is 3.17. The van der Waals surface area contributed by atoms with Crippen molar-refractivity contribution < 1.29 is 17.9 Å². The summed E-state index contributed by atoms with van der Waals surface area (Å²) in [4.78, 5) is 0. The minimum absolute atomic E-state index is 0.207. The molecule has 0 unspecified atom stereocenters. The van der Waals surface area contributed by atoms with Crippen LogP contribution >= 0.6 is 11.6 Å². The minimum Gasteiger partial charge on any atom is -0.406 e. The van der Waals surface area contributed by atoms with E-state index in [1.54, 1.807) is 11.6 Å². The average Bonchev–Trinajstić information content (AvgIpc) is 2.69. The van der Waals surface area contributed by atoms with Crippen molar-refractivity contribution in [2.75, 3.05) is 0 Å². The molecule has 102 valence electrons. The Labute approximate surface area is 111 Å². The van der Waals surface area contributed by atoms with E-state index in [0.29, 0.717) is 17.2 Å². The Kier molecular flexibility index (Phi) is 3.66. The highest BCUT2D eigenvalue weighted by Crippen LogP contribution is 2.25. The van der Waals surface area contributed by atoms with Gasteiger partial charge in [0.25, 0.3) is 0 Å². The SMILES string of the molecule is Cn1c(CCl)nnc1-c1ccc(OC(F)(F)F)cc1. The number of aromatic nitrogens is 3. The van der Waals surface area contributed by atoms with E-state index < -0.39 is 6.36 Å². The maximum absolute atomic E-state index is 12.0. The molecule has 4 nitrogen and oxygen atoms in total. The zero-order valence-corrected chi connectivity index (χ0v) is 10.5. The summed E-state index contributed by atoms with van der Waals surface area (Å²) in [6.07, 6.45) is -4.70. The lowest BCUT2D eigenvalue weighted by atomic mass is 10.2. The third-order valence-electron chi connectivity index (χ3n) is 2.43. The molecule has 0 radical (unpaired) electrons. The topological polar surface area (TPSA) is 39.9 Å². The largest absolute Gasteiger partial charge is 0.573 e. The summed E-state index contributed by atoms with van der Waals surface area (Å²) in [5.41, 5.74) is 0.626. The molecule has 1 heterocycles. The van der Waals surface area contributed by atoms with Gasteiger partial charge in [0.05, 0.1) is 5.88 Å². The van der Waals surface area contributed by atoms with E-state index in [-0.39, 0.29) is 11.6 Å². The summed E-state index contributed by atoms with van der Waals surface area (Å²) in [6, 6.07) is 5.39. The standard InChI is InChI=1S/C11H9ClF3N3O/c1-18-9(6-12)16-17-10(18)7-2-4-8(5-3-7)19-11(13,14)15/h2-5H,6H2,1H3. The molecule has 0 aliphatic carbocycles. The Bertz CT molecular complexity index is 566. The number of ether oxygens (including phenoxy) is 1. The van der Waals surface area contributed by atoms with E-state index in [1.165, 1.54) is 24.3 Å². The Hall–Kier alpha value is -1.76. The lowest BCUT2D eigenvalue weighted by Gasteiger charge is -2.09. The van der Waals surface area contributed by atoms with Crippen LogP contribution in [0, 0.1) is 0 Å². The average molecular weight is 292 g/mol. The van der Waals surface area contributed by atoms with Gasteiger partial charge in [-0.25, -0.2) is 0 Å². The molecule has 1 aromatic heterocycles. The van der Waals surface area contributed by atoms with Crippen LogP contribution in [-0.4, -0.2) is 21.1 Å². The molecule has 0 amide bonds. The van der Waals surface area contributed by atoms with Crippen molar-refractivity contribution in [3.05, 3.63) is 30.1 Å². The van der Waals surface area contributed by atoms with E-state index in [9.17, 15) is 13.2 Å². The van der Waals surface area contributed by atoms with Gasteiger partial charge in [-0.05, 0) is 24.3 Å². The fourth-order valence-electron chi connectivity index (χ4n) is 1.53. The molecule has 0 N–H and O–H groups in total. The molecule has 0 atom stereocenters. The Balaban J connectivity index is 2.25. The molecule has 1 aromatic carbocycles. The van der Waals surface area contributed by atoms with Gasteiger partial charge in [-0.3, -0.25) is 0 Å². The quantitative estimate of drug-likeness (QED) is 0.816. The van der Waals surface area contributed by atoms with Gasteiger partial charge in [-0.15, -0.1) is 35.0 Å². The number of rotatable bonds is 3. The van der Waals surface area contributed by atoms with Gasteiger partial charge in [0.2, 0.25) is 0 Å². The van der Waals surface area contributed by atoms with Crippen molar-refractivity contribution in [3.63, 3.8) is 0 Å². The van der Waals surface area contributed by atoms with Crippen LogP contribution in [0.4, 0.5) is 13.2 Å². The number of alkyl halides is 4. The second-order valence-corrected chi connectivity index (χ2v) is 3.97. The third-order valence-corrected chi connectivity index (χ3v) is 2.67. The normalized spacial score (nSPS) is 11.6. The first-order valence-corrected chi connectivity index (χ1v) is 5.74. The van der Waals surface area contributed by atoms with Crippen LogP contribution in [-0.2, 0) is 12.9 Å². The van der Waals surface area contributed by atoms with E-state index in [4.69, 9.17) is 11.6 Å². The maximum Gasteiger partial charge on any atom is 0.573 e. The predicted molar refractivity (Wildman–Crippen MR) is 62.7 cm³/mol. The van der Waals surface area contributed by atoms with E-state index >= 15 is 0 Å². The summed E-state index contributed by atoms with van der Waals surface area (Å²) in [6.45, 7) is 0. The second kappa shape index (κ2) is 5.08. The first kappa shape index (κ1) is 13.7. The molecule has 0 aliphatic heterocycles. The van der Waals surface area contributed by atoms with Crippen molar-refractivity contribution in [3.8, 4) is 17.1 Å². The van der Waals surface area contributed by atoms with Gasteiger partial charge in [0.1, 0.15) is 11.6 Å². The van der Waals surface area contributed by atoms with Crippen LogP contribution < -0.4 is 4.74 Å². The van der Waals surface area contributed by atoms with Crippen molar-refractivity contribution in [1.29, 1.82) is 0 Å². The predicted octanol–water partition coefficient (Wildman–Crippen LogP) is 3.12. The highest BCUT2D eigenvalue weighted by molar-refractivity contribution is 6.16. The summed E-state index contributed by atoms with van der Waals surface area (Å²) < 4.78 is 41.5. The monoisotopic (exact) mass is 291 g/mol. The van der Waals surface area contributed by atoms with Gasteiger partial charge in [-0.1, -0.05) is 0 Å². The van der Waals surface area contributed by atoms with Crippen LogP contribution in [0.1, 0.15) is 5.82 Å². The zero-order valence-electron chi connectivity index (χ0n) is 9.78. The fraction of sp³-hybridized carbons (Fsp3) is 0.273. The molecule has 19 heavy (non-hydrogen) atoms. The Morgan fingerprint density at radius 1 is 1.21 bits per heavy atom. The summed E-state index contributed by atoms with van der Waals surface area (Å²) >= 11 is 5.66. The van der Waals surface area contributed by atoms with Gasteiger partial charge in [0.15, 0.2) is 5.82 Å². The Morgan fingerprint density at radius 3 is 2.32 bits per heavy atom. The first-order chi connectivity index (χ1) is 8.90. The highest BCUT2D eigenvalue weighted by Gasteiger charge is 2.31. The lowest BCUT2D eigenvalue weighted by Crippen LogP contribution is -2.16. The van der Waals surface area contributed by atoms with Gasteiger partial charge in [0, 0.05) is 12.6 Å².